The highest BCUT2D eigenvalue weighted by atomic mass is 32.1. The van der Waals surface area contributed by atoms with Crippen LogP contribution in [0.2, 0.25) is 0 Å². The molecule has 24 heavy (non-hydrogen) atoms. The molecular formula is C18H26N4OS. The Hall–Kier alpha value is -1.95. The van der Waals surface area contributed by atoms with E-state index < -0.39 is 0 Å². The van der Waals surface area contributed by atoms with Crippen molar-refractivity contribution in [2.75, 3.05) is 13.6 Å². The number of carbonyl (C=O) groups is 1. The summed E-state index contributed by atoms with van der Waals surface area (Å²) < 4.78 is 0. The molecular weight excluding hydrogens is 320 g/mol. The molecule has 0 saturated heterocycles. The summed E-state index contributed by atoms with van der Waals surface area (Å²) in [6.07, 6.45) is 6.12. The third-order valence-electron chi connectivity index (χ3n) is 4.15. The lowest BCUT2D eigenvalue weighted by Gasteiger charge is -2.27. The van der Waals surface area contributed by atoms with Gasteiger partial charge in [0.2, 0.25) is 0 Å². The number of thiazole rings is 1. The van der Waals surface area contributed by atoms with Crippen LogP contribution < -0.4 is 5.32 Å². The largest absolute Gasteiger partial charge is 0.338 e. The fourth-order valence-corrected chi connectivity index (χ4v) is 3.81. The van der Waals surface area contributed by atoms with Crippen molar-refractivity contribution >= 4 is 17.4 Å². The second kappa shape index (κ2) is 8.78. The monoisotopic (exact) mass is 346 g/mol. The van der Waals surface area contributed by atoms with Gasteiger partial charge in [0.1, 0.15) is 0 Å². The van der Waals surface area contributed by atoms with E-state index in [0.717, 1.165) is 29.8 Å². The van der Waals surface area contributed by atoms with Crippen molar-refractivity contribution in [2.45, 2.75) is 46.1 Å². The van der Waals surface area contributed by atoms with Crippen molar-refractivity contribution < 1.29 is 4.79 Å². The number of aryl methyl sites for hydroxylation is 2. The normalized spacial score (nSPS) is 12.0. The summed E-state index contributed by atoms with van der Waals surface area (Å²) in [4.78, 5) is 24.1. The van der Waals surface area contributed by atoms with Crippen LogP contribution in [0, 0.1) is 6.92 Å². The lowest BCUT2D eigenvalue weighted by molar-refractivity contribution is 0.189. The lowest BCUT2D eigenvalue weighted by atomic mass is 10.1. The minimum Gasteiger partial charge on any atom is -0.338 e. The number of aromatic nitrogens is 2. The van der Waals surface area contributed by atoms with E-state index >= 15 is 0 Å². The van der Waals surface area contributed by atoms with Crippen molar-refractivity contribution in [1.82, 2.24) is 20.2 Å². The van der Waals surface area contributed by atoms with Crippen LogP contribution in [0.15, 0.2) is 24.5 Å². The molecule has 0 fully saturated rings. The minimum absolute atomic E-state index is 0.0531. The fourth-order valence-electron chi connectivity index (χ4n) is 2.78. The van der Waals surface area contributed by atoms with Gasteiger partial charge in [0.05, 0.1) is 16.7 Å². The van der Waals surface area contributed by atoms with Gasteiger partial charge in [0.25, 0.3) is 0 Å². The maximum Gasteiger partial charge on any atom is 0.317 e. The van der Waals surface area contributed by atoms with Crippen LogP contribution >= 0.6 is 11.3 Å². The van der Waals surface area contributed by atoms with Crippen LogP contribution in [0.1, 0.15) is 47.5 Å². The molecule has 6 heteroatoms. The molecule has 1 N–H and O–H groups in total. The number of hydrogen-bond donors (Lipinski definition) is 1. The van der Waals surface area contributed by atoms with E-state index in [4.69, 9.17) is 0 Å². The molecule has 2 aromatic rings. The Morgan fingerprint density at radius 3 is 2.62 bits per heavy atom. The Bertz CT molecular complexity index is 656. The van der Waals surface area contributed by atoms with Crippen LogP contribution in [0.5, 0.6) is 0 Å². The molecule has 0 saturated carbocycles. The van der Waals surface area contributed by atoms with E-state index in [-0.39, 0.29) is 12.1 Å². The van der Waals surface area contributed by atoms with E-state index in [9.17, 15) is 4.79 Å². The third-order valence-corrected chi connectivity index (χ3v) is 5.23. The summed E-state index contributed by atoms with van der Waals surface area (Å²) in [6.45, 7) is 6.91. The number of rotatable bonds is 7. The van der Waals surface area contributed by atoms with E-state index in [2.05, 4.69) is 36.1 Å². The van der Waals surface area contributed by atoms with Crippen molar-refractivity contribution in [3.63, 3.8) is 0 Å². The summed E-state index contributed by atoms with van der Waals surface area (Å²) in [5, 5.41) is 4.09. The van der Waals surface area contributed by atoms with E-state index in [1.165, 1.54) is 10.6 Å². The minimum atomic E-state index is -0.0531. The standard InChI is InChI=1S/C18H26N4OS/c1-5-15-13(3)24-17(21-15)9-12-20-18(23)22(4)16(6-2)14-7-10-19-11-8-14/h7-8,10-11,16H,5-6,9,12H2,1-4H3,(H,20,23). The number of amides is 2. The molecule has 0 aromatic carbocycles. The number of nitrogens with one attached hydrogen (secondary N) is 1. The number of carbonyl (C=O) groups excluding carboxylic acids is 1. The van der Waals surface area contributed by atoms with Crippen LogP contribution in [0.3, 0.4) is 0 Å². The first kappa shape index (κ1) is 18.4. The zero-order chi connectivity index (χ0) is 17.5. The van der Waals surface area contributed by atoms with E-state index in [0.29, 0.717) is 6.54 Å². The van der Waals surface area contributed by atoms with Crippen molar-refractivity contribution in [3.05, 3.63) is 45.7 Å². The molecule has 2 aromatic heterocycles. The number of nitrogens with zero attached hydrogens (tertiary/aromatic N) is 3. The second-order valence-electron chi connectivity index (χ2n) is 5.76. The first-order valence-electron chi connectivity index (χ1n) is 8.42. The maximum atomic E-state index is 12.4. The predicted molar refractivity (Wildman–Crippen MR) is 98.4 cm³/mol. The zero-order valence-corrected chi connectivity index (χ0v) is 15.7. The maximum absolute atomic E-state index is 12.4. The molecule has 2 rings (SSSR count). The Morgan fingerprint density at radius 2 is 2.04 bits per heavy atom. The van der Waals surface area contributed by atoms with Gasteiger partial charge >= 0.3 is 6.03 Å². The van der Waals surface area contributed by atoms with Crippen LogP contribution in [-0.2, 0) is 12.8 Å². The summed E-state index contributed by atoms with van der Waals surface area (Å²) in [5.74, 6) is 0. The number of urea groups is 1. The van der Waals surface area contributed by atoms with Crippen LogP contribution in [0.25, 0.3) is 0 Å². The van der Waals surface area contributed by atoms with Gasteiger partial charge < -0.3 is 10.2 Å². The number of pyridine rings is 1. The van der Waals surface area contributed by atoms with Gasteiger partial charge in [-0.1, -0.05) is 13.8 Å². The van der Waals surface area contributed by atoms with E-state index in [1.807, 2.05) is 19.2 Å². The highest BCUT2D eigenvalue weighted by molar-refractivity contribution is 7.11. The smallest absolute Gasteiger partial charge is 0.317 e. The van der Waals surface area contributed by atoms with Gasteiger partial charge in [-0.3, -0.25) is 4.98 Å². The van der Waals surface area contributed by atoms with Crippen LogP contribution in [-0.4, -0.2) is 34.5 Å². The number of hydrogen-bond acceptors (Lipinski definition) is 4. The van der Waals surface area contributed by atoms with Gasteiger partial charge in [-0.25, -0.2) is 9.78 Å². The topological polar surface area (TPSA) is 58.1 Å². The molecule has 0 spiro atoms. The van der Waals surface area contributed by atoms with Gasteiger partial charge in [-0.15, -0.1) is 11.3 Å². The van der Waals surface area contributed by atoms with Crippen LogP contribution in [0.4, 0.5) is 4.79 Å². The van der Waals surface area contributed by atoms with Crippen molar-refractivity contribution in [2.24, 2.45) is 0 Å². The third kappa shape index (κ3) is 4.54. The van der Waals surface area contributed by atoms with E-state index in [1.54, 1.807) is 28.6 Å². The molecule has 0 aliphatic carbocycles. The highest BCUT2D eigenvalue weighted by Gasteiger charge is 2.19. The summed E-state index contributed by atoms with van der Waals surface area (Å²) in [7, 11) is 1.84. The average molecular weight is 347 g/mol. The quantitative estimate of drug-likeness (QED) is 0.831. The van der Waals surface area contributed by atoms with Gasteiger partial charge in [0.15, 0.2) is 0 Å². The molecule has 1 atom stereocenters. The molecule has 0 aliphatic rings. The molecule has 2 amide bonds. The predicted octanol–water partition coefficient (Wildman–Crippen LogP) is 3.74. The lowest BCUT2D eigenvalue weighted by Crippen LogP contribution is -2.40. The zero-order valence-electron chi connectivity index (χ0n) is 14.9. The van der Waals surface area contributed by atoms with Crippen molar-refractivity contribution in [3.8, 4) is 0 Å². The highest BCUT2D eigenvalue weighted by Crippen LogP contribution is 2.22. The molecule has 0 bridgehead atoms. The SMILES string of the molecule is CCc1nc(CCNC(=O)N(C)C(CC)c2ccncc2)sc1C. The fraction of sp³-hybridized carbons (Fsp3) is 0.500. The molecule has 0 radical (unpaired) electrons. The average Bonchev–Trinajstić information content (AvgIpc) is 2.96. The van der Waals surface area contributed by atoms with Gasteiger partial charge in [-0.05, 0) is 37.5 Å². The van der Waals surface area contributed by atoms with Crippen molar-refractivity contribution in [1.29, 1.82) is 0 Å². The van der Waals surface area contributed by atoms with Gasteiger partial charge in [-0.2, -0.15) is 0 Å². The molecule has 5 nitrogen and oxygen atoms in total. The Kier molecular flexibility index (Phi) is 6.73. The Morgan fingerprint density at radius 1 is 1.33 bits per heavy atom. The first-order chi connectivity index (χ1) is 11.6. The Labute approximate surface area is 148 Å². The second-order valence-corrected chi connectivity index (χ2v) is 7.05. The first-order valence-corrected chi connectivity index (χ1v) is 9.24. The summed E-state index contributed by atoms with van der Waals surface area (Å²) in [6, 6.07) is 3.93. The summed E-state index contributed by atoms with van der Waals surface area (Å²) >= 11 is 1.72. The molecule has 2 heterocycles. The molecule has 0 aliphatic heterocycles. The molecule has 1 unspecified atom stereocenters. The molecule has 130 valence electrons. The summed E-state index contributed by atoms with van der Waals surface area (Å²) in [5.41, 5.74) is 2.27. The Balaban J connectivity index is 1.88. The van der Waals surface area contributed by atoms with Gasteiger partial charge in [0, 0.05) is 37.3 Å².